The number of hydrogen-bond donors (Lipinski definition) is 1. The van der Waals surface area contributed by atoms with E-state index in [4.69, 9.17) is 0 Å². The number of benzene rings is 1. The predicted octanol–water partition coefficient (Wildman–Crippen LogP) is 4.07. The standard InChI is InChI=1S/C18H22FN3OS/c1-13-17(24-12-21-13)8-9-20-18(23)22-10-3-2-7-16(22)14-5-4-6-15(19)11-14/h4-6,11-12,16H,2-3,7-10H2,1H3,(H,20,23)/t16-/m1/s1. The molecule has 128 valence electrons. The number of carbonyl (C=O) groups is 1. The zero-order valence-corrected chi connectivity index (χ0v) is 14.6. The van der Waals surface area contributed by atoms with E-state index in [1.54, 1.807) is 17.4 Å². The summed E-state index contributed by atoms with van der Waals surface area (Å²) in [5, 5.41) is 3.00. The Hall–Kier alpha value is -1.95. The Bertz CT molecular complexity index is 703. The number of amides is 2. The third kappa shape index (κ3) is 3.93. The fourth-order valence-corrected chi connectivity index (χ4v) is 3.97. The molecule has 1 aliphatic heterocycles. The van der Waals surface area contributed by atoms with Crippen LogP contribution in [0.4, 0.5) is 9.18 Å². The van der Waals surface area contributed by atoms with E-state index in [2.05, 4.69) is 10.3 Å². The molecule has 1 aromatic heterocycles. The fraction of sp³-hybridized carbons (Fsp3) is 0.444. The van der Waals surface area contributed by atoms with Crippen LogP contribution >= 0.6 is 11.3 Å². The molecule has 0 spiro atoms. The van der Waals surface area contributed by atoms with Gasteiger partial charge in [-0.15, -0.1) is 11.3 Å². The van der Waals surface area contributed by atoms with Gasteiger partial charge in [0.25, 0.3) is 0 Å². The van der Waals surface area contributed by atoms with Gasteiger partial charge in [-0.2, -0.15) is 0 Å². The van der Waals surface area contributed by atoms with Gasteiger partial charge in [0.2, 0.25) is 0 Å². The van der Waals surface area contributed by atoms with Crippen LogP contribution in [0.15, 0.2) is 29.8 Å². The number of carbonyl (C=O) groups excluding carboxylic acids is 1. The van der Waals surface area contributed by atoms with Crippen molar-refractivity contribution in [2.45, 2.75) is 38.6 Å². The van der Waals surface area contributed by atoms with Gasteiger partial charge in [-0.05, 0) is 43.9 Å². The van der Waals surface area contributed by atoms with Crippen LogP contribution in [0.25, 0.3) is 0 Å². The first-order chi connectivity index (χ1) is 11.6. The third-order valence-electron chi connectivity index (χ3n) is 4.47. The molecule has 1 N–H and O–H groups in total. The molecule has 0 saturated carbocycles. The lowest BCUT2D eigenvalue weighted by molar-refractivity contribution is 0.151. The summed E-state index contributed by atoms with van der Waals surface area (Å²) in [4.78, 5) is 19.9. The minimum absolute atomic E-state index is 0.0420. The number of aryl methyl sites for hydroxylation is 1. The third-order valence-corrected chi connectivity index (χ3v) is 5.47. The number of thiazole rings is 1. The van der Waals surface area contributed by atoms with E-state index < -0.39 is 0 Å². The Labute approximate surface area is 145 Å². The van der Waals surface area contributed by atoms with Gasteiger partial charge in [-0.1, -0.05) is 12.1 Å². The van der Waals surface area contributed by atoms with Crippen LogP contribution in [-0.2, 0) is 6.42 Å². The Kier molecular flexibility index (Phi) is 5.45. The maximum Gasteiger partial charge on any atom is 0.317 e. The number of likely N-dealkylation sites (tertiary alicyclic amines) is 1. The van der Waals surface area contributed by atoms with Crippen molar-refractivity contribution in [2.24, 2.45) is 0 Å². The van der Waals surface area contributed by atoms with E-state index in [9.17, 15) is 9.18 Å². The van der Waals surface area contributed by atoms with Crippen LogP contribution < -0.4 is 5.32 Å². The molecule has 2 heterocycles. The van der Waals surface area contributed by atoms with E-state index in [0.717, 1.165) is 36.9 Å². The Balaban J connectivity index is 1.62. The summed E-state index contributed by atoms with van der Waals surface area (Å²) in [6.07, 6.45) is 3.73. The Morgan fingerprint density at radius 1 is 1.46 bits per heavy atom. The average molecular weight is 347 g/mol. The van der Waals surface area contributed by atoms with Crippen molar-refractivity contribution >= 4 is 17.4 Å². The quantitative estimate of drug-likeness (QED) is 0.906. The Morgan fingerprint density at radius 2 is 2.33 bits per heavy atom. The summed E-state index contributed by atoms with van der Waals surface area (Å²) in [6, 6.07) is 6.48. The minimum Gasteiger partial charge on any atom is -0.338 e. The van der Waals surface area contributed by atoms with Crippen molar-refractivity contribution in [2.75, 3.05) is 13.1 Å². The maximum absolute atomic E-state index is 13.5. The van der Waals surface area contributed by atoms with Gasteiger partial charge in [-0.25, -0.2) is 14.2 Å². The van der Waals surface area contributed by atoms with Crippen molar-refractivity contribution in [3.8, 4) is 0 Å². The molecule has 24 heavy (non-hydrogen) atoms. The smallest absolute Gasteiger partial charge is 0.317 e. The highest BCUT2D eigenvalue weighted by Crippen LogP contribution is 2.31. The highest BCUT2D eigenvalue weighted by atomic mass is 32.1. The summed E-state index contributed by atoms with van der Waals surface area (Å²) in [6.45, 7) is 3.29. The van der Waals surface area contributed by atoms with E-state index >= 15 is 0 Å². The van der Waals surface area contributed by atoms with Gasteiger partial charge in [0.05, 0.1) is 17.2 Å². The lowest BCUT2D eigenvalue weighted by Crippen LogP contribution is -2.45. The lowest BCUT2D eigenvalue weighted by Gasteiger charge is -2.36. The molecule has 1 fully saturated rings. The molecular formula is C18H22FN3OS. The van der Waals surface area contributed by atoms with E-state index in [1.165, 1.54) is 17.0 Å². The van der Waals surface area contributed by atoms with Gasteiger partial charge in [-0.3, -0.25) is 0 Å². The van der Waals surface area contributed by atoms with Crippen molar-refractivity contribution < 1.29 is 9.18 Å². The second kappa shape index (κ2) is 7.75. The largest absolute Gasteiger partial charge is 0.338 e. The lowest BCUT2D eigenvalue weighted by atomic mass is 9.95. The maximum atomic E-state index is 13.5. The molecule has 1 aromatic carbocycles. The molecule has 0 unspecified atom stereocenters. The number of piperidine rings is 1. The summed E-state index contributed by atoms with van der Waals surface area (Å²) in [7, 11) is 0. The minimum atomic E-state index is -0.251. The fourth-order valence-electron chi connectivity index (χ4n) is 3.19. The van der Waals surface area contributed by atoms with Gasteiger partial charge in [0, 0.05) is 24.4 Å². The zero-order chi connectivity index (χ0) is 16.9. The van der Waals surface area contributed by atoms with E-state index in [1.807, 2.05) is 23.4 Å². The summed E-state index contributed by atoms with van der Waals surface area (Å²) < 4.78 is 13.5. The van der Waals surface area contributed by atoms with Crippen LogP contribution in [0.3, 0.4) is 0 Å². The number of nitrogens with zero attached hydrogens (tertiary/aromatic N) is 2. The molecule has 4 nitrogen and oxygen atoms in total. The first-order valence-corrected chi connectivity index (χ1v) is 9.22. The van der Waals surface area contributed by atoms with Gasteiger partial charge >= 0.3 is 6.03 Å². The number of nitrogens with one attached hydrogen (secondary N) is 1. The molecule has 1 atom stereocenters. The number of urea groups is 1. The van der Waals surface area contributed by atoms with Crippen molar-refractivity contribution in [3.63, 3.8) is 0 Å². The zero-order valence-electron chi connectivity index (χ0n) is 13.8. The van der Waals surface area contributed by atoms with E-state index in [0.29, 0.717) is 13.1 Å². The normalized spacial score (nSPS) is 17.8. The summed E-state index contributed by atoms with van der Waals surface area (Å²) in [5.41, 5.74) is 3.74. The molecule has 2 amide bonds. The van der Waals surface area contributed by atoms with Gasteiger partial charge < -0.3 is 10.2 Å². The molecule has 2 aromatic rings. The van der Waals surface area contributed by atoms with Crippen molar-refractivity contribution in [3.05, 3.63) is 51.7 Å². The number of rotatable bonds is 4. The molecule has 1 aliphatic rings. The van der Waals surface area contributed by atoms with Crippen LogP contribution in [-0.4, -0.2) is 29.0 Å². The monoisotopic (exact) mass is 347 g/mol. The van der Waals surface area contributed by atoms with Gasteiger partial charge in [0.1, 0.15) is 5.82 Å². The van der Waals surface area contributed by atoms with Crippen LogP contribution in [0.2, 0.25) is 0 Å². The highest BCUT2D eigenvalue weighted by Gasteiger charge is 2.28. The average Bonchev–Trinajstić information content (AvgIpc) is 3.00. The number of halogens is 1. The molecule has 0 radical (unpaired) electrons. The van der Waals surface area contributed by atoms with Crippen LogP contribution in [0.5, 0.6) is 0 Å². The summed E-state index contributed by atoms with van der Waals surface area (Å²) >= 11 is 1.62. The first kappa shape index (κ1) is 16.9. The summed E-state index contributed by atoms with van der Waals surface area (Å²) in [5.74, 6) is -0.251. The molecule has 0 aliphatic carbocycles. The number of hydrogen-bond acceptors (Lipinski definition) is 3. The number of aromatic nitrogens is 1. The molecule has 3 rings (SSSR count). The highest BCUT2D eigenvalue weighted by molar-refractivity contribution is 7.09. The Morgan fingerprint density at radius 3 is 3.08 bits per heavy atom. The molecule has 6 heteroatoms. The second-order valence-corrected chi connectivity index (χ2v) is 7.04. The molecule has 1 saturated heterocycles. The first-order valence-electron chi connectivity index (χ1n) is 8.34. The van der Waals surface area contributed by atoms with Crippen molar-refractivity contribution in [1.82, 2.24) is 15.2 Å². The van der Waals surface area contributed by atoms with Crippen molar-refractivity contribution in [1.29, 1.82) is 0 Å². The SMILES string of the molecule is Cc1ncsc1CCNC(=O)N1CCCC[C@@H]1c1cccc(F)c1. The molecule has 0 bridgehead atoms. The predicted molar refractivity (Wildman–Crippen MR) is 93.7 cm³/mol. The van der Waals surface area contributed by atoms with Gasteiger partial charge in [0.15, 0.2) is 0 Å². The van der Waals surface area contributed by atoms with Crippen LogP contribution in [0.1, 0.15) is 41.4 Å². The van der Waals surface area contributed by atoms with Crippen LogP contribution in [0, 0.1) is 12.7 Å². The molecular weight excluding hydrogens is 325 g/mol. The van der Waals surface area contributed by atoms with E-state index in [-0.39, 0.29) is 17.9 Å². The topological polar surface area (TPSA) is 45.2 Å². The second-order valence-electron chi connectivity index (χ2n) is 6.10.